The Morgan fingerprint density at radius 3 is 1.85 bits per heavy atom. The third kappa shape index (κ3) is 3.74. The minimum atomic E-state index is -2.71. The molecule has 0 spiro atoms. The van der Waals surface area contributed by atoms with Crippen LogP contribution in [0.15, 0.2) is 0 Å². The second-order valence-corrected chi connectivity index (χ2v) is 17.7. The number of ether oxygens (including phenoxy) is 1. The molecular weight excluding hydrogens is 365 g/mol. The predicted octanol–water partition coefficient (Wildman–Crippen LogP) is 2.61. The summed E-state index contributed by atoms with van der Waals surface area (Å²) in [5.41, 5.74) is 6.70. The summed E-state index contributed by atoms with van der Waals surface area (Å²) in [6.07, 6.45) is -1.59. The molecule has 2 rings (SSSR count). The molecule has 6 nitrogen and oxygen atoms in total. The number of aliphatic hydroxyl groups is 1. The van der Waals surface area contributed by atoms with Crippen LogP contribution in [-0.2, 0) is 17.7 Å². The molecule has 3 N–H and O–H groups in total. The average molecular weight is 402 g/mol. The van der Waals surface area contributed by atoms with Gasteiger partial charge in [0.15, 0.2) is 0 Å². The summed E-state index contributed by atoms with van der Waals surface area (Å²) < 4.78 is 26.4. The fourth-order valence-corrected chi connectivity index (χ4v) is 15.6. The van der Waals surface area contributed by atoms with Gasteiger partial charge in [-0.1, -0.05) is 55.4 Å². The highest BCUT2D eigenvalue weighted by molar-refractivity contribution is 6.84. The molecular formula is C17H37BNO5Si2. The van der Waals surface area contributed by atoms with E-state index in [1.807, 2.05) is 0 Å². The van der Waals surface area contributed by atoms with Crippen molar-refractivity contribution in [3.63, 3.8) is 0 Å². The van der Waals surface area contributed by atoms with Crippen LogP contribution in [0.1, 0.15) is 55.4 Å². The van der Waals surface area contributed by atoms with E-state index in [4.69, 9.17) is 23.3 Å². The number of rotatable bonds is 5. The van der Waals surface area contributed by atoms with Gasteiger partial charge in [0.25, 0.3) is 0 Å². The SMILES string of the molecule is CC(C)[Si]1(C(C)C)OC[C@H]2O[C@@H]([B]N)[C@@H](O)C2O[Si](C(C)C)(C(C)C)O1. The van der Waals surface area contributed by atoms with Crippen molar-refractivity contribution in [2.75, 3.05) is 6.61 Å². The molecule has 0 aliphatic carbocycles. The first-order chi connectivity index (χ1) is 12.0. The van der Waals surface area contributed by atoms with E-state index < -0.39 is 35.3 Å². The summed E-state index contributed by atoms with van der Waals surface area (Å²) >= 11 is 0. The standard InChI is InChI=1S/C17H37BNO5Si2/c1-10(2)25(11(3)4)21-9-14-16(15(20)17(18-19)22-14)23-26(24-25,12(5)6)13(7)8/h10-17,20H,9,19H2,1-8H3/t14-,15+,16?,17-/m1/s1. The van der Waals surface area contributed by atoms with Crippen LogP contribution >= 0.6 is 0 Å². The van der Waals surface area contributed by atoms with Crippen LogP contribution in [0, 0.1) is 0 Å². The van der Waals surface area contributed by atoms with Crippen molar-refractivity contribution in [3.8, 4) is 0 Å². The Hall–Kier alpha value is 0.259. The minimum absolute atomic E-state index is 0.224. The van der Waals surface area contributed by atoms with Crippen molar-refractivity contribution in [3.05, 3.63) is 0 Å². The van der Waals surface area contributed by atoms with Gasteiger partial charge in [0.05, 0.1) is 12.6 Å². The Balaban J connectivity index is 2.52. The third-order valence-corrected chi connectivity index (χ3v) is 16.1. The first kappa shape index (κ1) is 22.5. The molecule has 0 aromatic heterocycles. The Morgan fingerprint density at radius 1 is 0.923 bits per heavy atom. The van der Waals surface area contributed by atoms with Crippen LogP contribution in [-0.4, -0.2) is 60.6 Å². The second kappa shape index (κ2) is 8.32. The Bertz CT molecular complexity index is 464. The highest BCUT2D eigenvalue weighted by Gasteiger charge is 2.61. The van der Waals surface area contributed by atoms with E-state index in [0.717, 1.165) is 0 Å². The van der Waals surface area contributed by atoms with Crippen molar-refractivity contribution in [1.82, 2.24) is 0 Å². The van der Waals surface area contributed by atoms with Crippen molar-refractivity contribution in [2.24, 2.45) is 5.64 Å². The van der Waals surface area contributed by atoms with Crippen LogP contribution in [0.2, 0.25) is 22.2 Å². The number of fused-ring (bicyclic) bond motifs is 1. The van der Waals surface area contributed by atoms with Crippen molar-refractivity contribution >= 4 is 24.5 Å². The lowest BCUT2D eigenvalue weighted by molar-refractivity contribution is -0.0320. The van der Waals surface area contributed by atoms with Crippen LogP contribution in [0.4, 0.5) is 0 Å². The lowest BCUT2D eigenvalue weighted by atomic mass is 9.83. The molecule has 0 saturated carbocycles. The van der Waals surface area contributed by atoms with E-state index in [1.165, 1.54) is 7.41 Å². The highest BCUT2D eigenvalue weighted by atomic mass is 28.5. The van der Waals surface area contributed by atoms with Crippen LogP contribution in [0.5, 0.6) is 0 Å². The zero-order valence-corrected chi connectivity index (χ0v) is 19.6. The van der Waals surface area contributed by atoms with E-state index in [0.29, 0.717) is 6.61 Å². The number of hydrogen-bond acceptors (Lipinski definition) is 6. The van der Waals surface area contributed by atoms with Gasteiger partial charge >= 0.3 is 17.1 Å². The summed E-state index contributed by atoms with van der Waals surface area (Å²) in [6, 6.07) is -0.535. The molecule has 1 unspecified atom stereocenters. The lowest BCUT2D eigenvalue weighted by Crippen LogP contribution is -2.65. The van der Waals surface area contributed by atoms with Gasteiger partial charge in [0.1, 0.15) is 18.3 Å². The van der Waals surface area contributed by atoms with Crippen LogP contribution in [0.3, 0.4) is 0 Å². The third-order valence-electron chi connectivity index (χ3n) is 5.89. The normalized spacial score (nSPS) is 34.2. The lowest BCUT2D eigenvalue weighted by Gasteiger charge is -2.51. The molecule has 151 valence electrons. The monoisotopic (exact) mass is 402 g/mol. The average Bonchev–Trinajstić information content (AvgIpc) is 2.81. The summed E-state index contributed by atoms with van der Waals surface area (Å²) in [7, 11) is -3.86. The number of nitrogens with two attached hydrogens (primary N) is 1. The Labute approximate surface area is 161 Å². The van der Waals surface area contributed by atoms with Gasteiger partial charge in [-0.2, -0.15) is 0 Å². The highest BCUT2D eigenvalue weighted by Crippen LogP contribution is 2.47. The van der Waals surface area contributed by atoms with Gasteiger partial charge in [-0.15, -0.1) is 0 Å². The van der Waals surface area contributed by atoms with E-state index in [9.17, 15) is 5.11 Å². The summed E-state index contributed by atoms with van der Waals surface area (Å²) in [6.45, 7) is 17.8. The first-order valence-corrected chi connectivity index (χ1v) is 13.9. The Morgan fingerprint density at radius 2 is 1.42 bits per heavy atom. The summed E-state index contributed by atoms with van der Waals surface area (Å²) in [5.74, 6) is 0. The molecule has 2 saturated heterocycles. The van der Waals surface area contributed by atoms with Gasteiger partial charge in [0.2, 0.25) is 7.41 Å². The van der Waals surface area contributed by atoms with E-state index in [-0.39, 0.29) is 28.3 Å². The topological polar surface area (TPSA) is 83.2 Å². The molecule has 0 amide bonds. The molecule has 2 aliphatic heterocycles. The fourth-order valence-electron chi connectivity index (χ4n) is 4.34. The summed E-state index contributed by atoms with van der Waals surface area (Å²) in [5, 5.41) is 10.7. The van der Waals surface area contributed by atoms with Crippen LogP contribution in [0.25, 0.3) is 0 Å². The molecule has 2 aliphatic rings. The molecule has 4 atom stereocenters. The first-order valence-electron chi connectivity index (χ1n) is 9.92. The van der Waals surface area contributed by atoms with Gasteiger partial charge in [-0.25, -0.2) is 0 Å². The Kier molecular flexibility index (Phi) is 7.22. The minimum Gasteiger partial charge on any atom is -0.414 e. The fraction of sp³-hybridized carbons (Fsp3) is 1.00. The molecule has 1 radical (unpaired) electrons. The zero-order valence-electron chi connectivity index (χ0n) is 17.6. The van der Waals surface area contributed by atoms with Gasteiger partial charge < -0.3 is 28.5 Å². The van der Waals surface area contributed by atoms with E-state index in [1.54, 1.807) is 0 Å². The van der Waals surface area contributed by atoms with Crippen molar-refractivity contribution < 1.29 is 22.8 Å². The summed E-state index contributed by atoms with van der Waals surface area (Å²) in [4.78, 5) is 0. The maximum atomic E-state index is 10.7. The quantitative estimate of drug-likeness (QED) is 0.688. The molecule has 0 aromatic rings. The van der Waals surface area contributed by atoms with Crippen molar-refractivity contribution in [2.45, 2.75) is 102 Å². The molecule has 2 fully saturated rings. The zero-order chi connectivity index (χ0) is 19.9. The maximum Gasteiger partial charge on any atom is 0.335 e. The smallest absolute Gasteiger partial charge is 0.335 e. The number of hydrogen-bond donors (Lipinski definition) is 2. The van der Waals surface area contributed by atoms with Gasteiger partial charge in [-0.3, -0.25) is 0 Å². The van der Waals surface area contributed by atoms with E-state index in [2.05, 4.69) is 55.4 Å². The number of aliphatic hydroxyl groups excluding tert-OH is 1. The maximum absolute atomic E-state index is 10.7. The van der Waals surface area contributed by atoms with Crippen molar-refractivity contribution in [1.29, 1.82) is 0 Å². The van der Waals surface area contributed by atoms with Gasteiger partial charge in [-0.05, 0) is 22.2 Å². The second-order valence-electron chi connectivity index (χ2n) is 8.88. The molecule has 0 bridgehead atoms. The largest absolute Gasteiger partial charge is 0.414 e. The predicted molar refractivity (Wildman–Crippen MR) is 108 cm³/mol. The van der Waals surface area contributed by atoms with Gasteiger partial charge in [0, 0.05) is 0 Å². The van der Waals surface area contributed by atoms with Crippen LogP contribution < -0.4 is 5.64 Å². The molecule has 26 heavy (non-hydrogen) atoms. The molecule has 9 heteroatoms. The molecule has 0 aromatic carbocycles. The molecule has 2 heterocycles. The van der Waals surface area contributed by atoms with E-state index >= 15 is 0 Å².